The molecule has 11 heteroatoms. The maximum absolute atomic E-state index is 14.4. The van der Waals surface area contributed by atoms with Crippen LogP contribution in [0.3, 0.4) is 0 Å². The summed E-state index contributed by atoms with van der Waals surface area (Å²) >= 11 is 6.44. The maximum Gasteiger partial charge on any atom is 0.310 e. The number of hydrogen-bond acceptors (Lipinski definition) is 8. The molecule has 3 fully saturated rings. The predicted octanol–water partition coefficient (Wildman–Crippen LogP) is 6.07. The van der Waals surface area contributed by atoms with Gasteiger partial charge in [-0.15, -0.1) is 0 Å². The van der Waals surface area contributed by atoms with Crippen molar-refractivity contribution in [3.05, 3.63) is 47.1 Å². The molecule has 1 N–H and O–H groups in total. The Hall–Kier alpha value is -3.50. The number of benzene rings is 1. The van der Waals surface area contributed by atoms with E-state index < -0.39 is 34.9 Å². The van der Waals surface area contributed by atoms with Crippen LogP contribution in [0.4, 0.5) is 0 Å². The minimum atomic E-state index is -1.14. The molecule has 4 aliphatic rings. The van der Waals surface area contributed by atoms with Crippen LogP contribution >= 0.6 is 11.6 Å². The van der Waals surface area contributed by atoms with Crippen LogP contribution in [0.5, 0.6) is 5.75 Å². The van der Waals surface area contributed by atoms with Gasteiger partial charge in [-0.3, -0.25) is 24.1 Å². The number of carbonyl (C=O) groups excluding carboxylic acids is 3. The fraction of sp³-hybridized carbons (Fsp3) is 0.605. The van der Waals surface area contributed by atoms with Crippen molar-refractivity contribution in [3.8, 4) is 5.75 Å². The van der Waals surface area contributed by atoms with Crippen LogP contribution in [0, 0.1) is 29.1 Å². The molecule has 3 aliphatic heterocycles. The van der Waals surface area contributed by atoms with Crippen molar-refractivity contribution in [2.45, 2.75) is 90.3 Å². The lowest BCUT2D eigenvalue weighted by Gasteiger charge is -2.32. The quantitative estimate of drug-likeness (QED) is 0.218. The number of carboxylic acids is 1. The number of carbonyl (C=O) groups is 4. The van der Waals surface area contributed by atoms with Crippen LogP contribution in [-0.2, 0) is 30.5 Å². The van der Waals surface area contributed by atoms with Crippen LogP contribution in [0.2, 0.25) is 5.15 Å². The van der Waals surface area contributed by atoms with Gasteiger partial charge in [0.15, 0.2) is 5.78 Å². The summed E-state index contributed by atoms with van der Waals surface area (Å²) in [6, 6.07) is 6.84. The number of likely N-dealkylation sites (tertiary alicyclic amines) is 1. The van der Waals surface area contributed by atoms with Gasteiger partial charge in [0, 0.05) is 55.9 Å². The highest BCUT2D eigenvalue weighted by Crippen LogP contribution is 2.57. The van der Waals surface area contributed by atoms with E-state index in [2.05, 4.69) is 9.88 Å². The van der Waals surface area contributed by atoms with E-state index in [1.807, 2.05) is 57.2 Å². The number of ether oxygens (including phenoxy) is 2. The second-order valence-corrected chi connectivity index (χ2v) is 15.9. The monoisotopic (exact) mass is 693 g/mol. The van der Waals surface area contributed by atoms with E-state index in [0.29, 0.717) is 49.9 Å². The molecule has 1 aliphatic carbocycles. The molecule has 1 aromatic heterocycles. The van der Waals surface area contributed by atoms with Gasteiger partial charge in [-0.05, 0) is 82.1 Å². The molecule has 264 valence electrons. The van der Waals surface area contributed by atoms with E-state index in [4.69, 9.17) is 21.1 Å². The number of allylic oxidation sites excluding steroid dienone is 2. The molecule has 2 aromatic rings. The summed E-state index contributed by atoms with van der Waals surface area (Å²) in [6.45, 7) is 7.63. The van der Waals surface area contributed by atoms with Gasteiger partial charge in [-0.2, -0.15) is 0 Å². The number of amides is 1. The smallest absolute Gasteiger partial charge is 0.310 e. The summed E-state index contributed by atoms with van der Waals surface area (Å²) in [6.07, 6.45) is 8.20. The summed E-state index contributed by atoms with van der Waals surface area (Å²) in [5.74, 6) is -2.02. The van der Waals surface area contributed by atoms with Crippen LogP contribution < -0.4 is 4.74 Å². The van der Waals surface area contributed by atoms with E-state index in [9.17, 15) is 24.3 Å². The summed E-state index contributed by atoms with van der Waals surface area (Å²) in [4.78, 5) is 63.0. The second-order valence-electron chi connectivity index (χ2n) is 15.5. The fourth-order valence-electron chi connectivity index (χ4n) is 8.40. The molecule has 1 saturated carbocycles. The van der Waals surface area contributed by atoms with Crippen LogP contribution in [0.1, 0.15) is 77.7 Å². The topological polar surface area (TPSA) is 126 Å². The third-order valence-corrected chi connectivity index (χ3v) is 11.0. The van der Waals surface area contributed by atoms with Gasteiger partial charge in [0.1, 0.15) is 16.5 Å². The van der Waals surface area contributed by atoms with Crippen molar-refractivity contribution in [2.75, 3.05) is 26.7 Å². The lowest BCUT2D eigenvalue weighted by atomic mass is 9.85. The molecular formula is C38H48ClN3O7. The van der Waals surface area contributed by atoms with Gasteiger partial charge in [-0.25, -0.2) is 4.98 Å². The minimum absolute atomic E-state index is 0.0262. The highest BCUT2D eigenvalue weighted by Gasteiger charge is 2.62. The number of Topliss-reactive ketones (excluding diaryl/α,β-unsaturated/α-hetero) is 1. The number of methoxy groups -OCH3 is 1. The molecule has 2 saturated heterocycles. The Morgan fingerprint density at radius 1 is 1.10 bits per heavy atom. The lowest BCUT2D eigenvalue weighted by molar-refractivity contribution is -0.159. The first kappa shape index (κ1) is 35.3. The Balaban J connectivity index is 1.28. The van der Waals surface area contributed by atoms with Crippen molar-refractivity contribution in [1.29, 1.82) is 0 Å². The number of ketones is 1. The number of halogens is 1. The number of carboxylic acid groups (broad SMARTS) is 1. The maximum atomic E-state index is 14.4. The molecule has 0 bridgehead atoms. The Labute approximate surface area is 293 Å². The standard InChI is InChI=1S/C38H48ClN3O7/c1-37(2,3)49-33(44)15-23-10-8-6-5-7-9-11-26-17-38(26,36(46)47)18-31(43)34-29-22-41(20-25(29)21-42(34)35(23)45)19-24-14-32(39)40-30-16-27(48-4)12-13-28(24)30/h9,11-14,16,23,25-26,29,34H,5-8,10,15,17-22H2,1-4H3,(H,46,47)/b11-9-/t23-,25+,26-,29+,34+,38-/m1/s1. The number of pyridine rings is 1. The van der Waals surface area contributed by atoms with Crippen molar-refractivity contribution in [2.24, 2.45) is 29.1 Å². The van der Waals surface area contributed by atoms with E-state index in [1.54, 1.807) is 12.0 Å². The first-order valence-corrected chi connectivity index (χ1v) is 18.0. The van der Waals surface area contributed by atoms with Gasteiger partial charge in [0.05, 0.1) is 30.5 Å². The number of hydrogen-bond donors (Lipinski definition) is 1. The highest BCUT2D eigenvalue weighted by atomic mass is 35.5. The van der Waals surface area contributed by atoms with E-state index in [1.165, 1.54) is 0 Å². The summed E-state index contributed by atoms with van der Waals surface area (Å²) in [5, 5.41) is 11.7. The Bertz CT molecular complexity index is 1650. The highest BCUT2D eigenvalue weighted by molar-refractivity contribution is 6.30. The number of fused-ring (bicyclic) bond motifs is 5. The van der Waals surface area contributed by atoms with Crippen molar-refractivity contribution >= 4 is 46.1 Å². The Morgan fingerprint density at radius 3 is 2.63 bits per heavy atom. The summed E-state index contributed by atoms with van der Waals surface area (Å²) in [7, 11) is 1.61. The van der Waals surface area contributed by atoms with Gasteiger partial charge in [-0.1, -0.05) is 36.6 Å². The van der Waals surface area contributed by atoms with Crippen molar-refractivity contribution in [3.63, 3.8) is 0 Å². The van der Waals surface area contributed by atoms with Crippen LogP contribution in [0.15, 0.2) is 36.4 Å². The van der Waals surface area contributed by atoms with E-state index in [-0.39, 0.29) is 42.3 Å². The number of aliphatic carboxylic acids is 1. The largest absolute Gasteiger partial charge is 0.497 e. The molecular weight excluding hydrogens is 646 g/mol. The van der Waals surface area contributed by atoms with E-state index in [0.717, 1.165) is 42.1 Å². The van der Waals surface area contributed by atoms with Gasteiger partial charge >= 0.3 is 11.9 Å². The zero-order valence-corrected chi connectivity index (χ0v) is 29.7. The lowest BCUT2D eigenvalue weighted by Crippen LogP contribution is -2.48. The third kappa shape index (κ3) is 7.65. The van der Waals surface area contributed by atoms with Crippen LogP contribution in [0.25, 0.3) is 10.9 Å². The molecule has 0 radical (unpaired) electrons. The Kier molecular flexibility index (Phi) is 10.1. The third-order valence-electron chi connectivity index (χ3n) is 10.8. The zero-order valence-electron chi connectivity index (χ0n) is 29.0. The molecule has 0 spiro atoms. The summed E-state index contributed by atoms with van der Waals surface area (Å²) < 4.78 is 11.0. The minimum Gasteiger partial charge on any atom is -0.497 e. The molecule has 1 aromatic carbocycles. The molecule has 49 heavy (non-hydrogen) atoms. The number of aromatic nitrogens is 1. The predicted molar refractivity (Wildman–Crippen MR) is 185 cm³/mol. The van der Waals surface area contributed by atoms with Crippen molar-refractivity contribution < 1.29 is 33.8 Å². The fourth-order valence-corrected chi connectivity index (χ4v) is 8.62. The molecule has 4 heterocycles. The average molecular weight is 694 g/mol. The van der Waals surface area contributed by atoms with Gasteiger partial charge in [0.25, 0.3) is 0 Å². The first-order valence-electron chi connectivity index (χ1n) is 17.6. The number of esters is 1. The molecule has 0 unspecified atom stereocenters. The normalized spacial score (nSPS) is 30.1. The van der Waals surface area contributed by atoms with Crippen LogP contribution in [-0.4, -0.2) is 81.9 Å². The van der Waals surface area contributed by atoms with E-state index >= 15 is 0 Å². The number of nitrogens with zero attached hydrogens (tertiary/aromatic N) is 3. The summed E-state index contributed by atoms with van der Waals surface area (Å²) in [5.41, 5.74) is -0.0732. The second kappa shape index (κ2) is 14.0. The molecule has 6 atom stereocenters. The van der Waals surface area contributed by atoms with Crippen molar-refractivity contribution in [1.82, 2.24) is 14.8 Å². The molecule has 6 rings (SSSR count). The first-order chi connectivity index (χ1) is 23.3. The average Bonchev–Trinajstić information content (AvgIpc) is 3.40. The SMILES string of the molecule is COc1ccc2c(CN3C[C@H]4CN5C(=O)[C@@H](CC(=O)OC(C)(C)C)CCCCC/C=C\[C@@H]6C[C@@]6(C(=O)O)CC(=O)[C@@H]5[C@H]4C3)cc(Cl)nc2c1. The zero-order chi connectivity index (χ0) is 35.1. The van der Waals surface area contributed by atoms with Gasteiger partial charge in [0.2, 0.25) is 5.91 Å². The molecule has 1 amide bonds. The number of rotatable bonds is 6. The Morgan fingerprint density at radius 2 is 1.90 bits per heavy atom. The van der Waals surface area contributed by atoms with Gasteiger partial charge < -0.3 is 19.5 Å². The molecule has 10 nitrogen and oxygen atoms in total.